The summed E-state index contributed by atoms with van der Waals surface area (Å²) < 4.78 is 65.7. The zero-order valence-corrected chi connectivity index (χ0v) is 13.8. The average Bonchev–Trinajstić information content (AvgIpc) is 2.91. The van der Waals surface area contributed by atoms with Crippen LogP contribution in [0.3, 0.4) is 0 Å². The molecule has 23 heavy (non-hydrogen) atoms. The van der Waals surface area contributed by atoms with Gasteiger partial charge in [0.2, 0.25) is 5.65 Å². The number of hydrogen-bond donors (Lipinski definition) is 0. The number of fused-ring (bicyclic) bond motifs is 3. The first-order chi connectivity index (χ1) is 10.6. The van der Waals surface area contributed by atoms with Crippen LogP contribution in [0.4, 0.5) is 13.2 Å². The minimum atomic E-state index is -5.86. The highest BCUT2D eigenvalue weighted by atomic mass is 79.9. The van der Waals surface area contributed by atoms with E-state index >= 15 is 0 Å². The standard InChI is InChI=1S/C11H4BrClF3N3O3S/c12-7-5(13)1-2-6-8(7)19-4-3-17-9(19)10(18-6)22-23(20,21)11(14,15)16/h1-4H. The largest absolute Gasteiger partial charge is 0.534 e. The lowest BCUT2D eigenvalue weighted by Gasteiger charge is -2.11. The van der Waals surface area contributed by atoms with Gasteiger partial charge in [-0.1, -0.05) is 11.6 Å². The molecule has 122 valence electrons. The van der Waals surface area contributed by atoms with Gasteiger partial charge < -0.3 is 4.18 Å². The molecule has 2 aromatic heterocycles. The highest BCUT2D eigenvalue weighted by molar-refractivity contribution is 9.10. The average molecular weight is 431 g/mol. The maximum Gasteiger partial charge on any atom is 0.534 e. The highest BCUT2D eigenvalue weighted by Crippen LogP contribution is 2.34. The molecule has 0 aliphatic carbocycles. The summed E-state index contributed by atoms with van der Waals surface area (Å²) in [5.74, 6) is -0.783. The third-order valence-corrected chi connectivity index (χ3v) is 5.11. The van der Waals surface area contributed by atoms with Crippen molar-refractivity contribution in [3.05, 3.63) is 34.0 Å². The molecular formula is C11H4BrClF3N3O3S. The zero-order valence-electron chi connectivity index (χ0n) is 10.7. The van der Waals surface area contributed by atoms with Crippen molar-refractivity contribution in [3.63, 3.8) is 0 Å². The number of aromatic nitrogens is 3. The molecule has 1 aromatic carbocycles. The fourth-order valence-corrected chi connectivity index (χ4v) is 2.95. The maximum atomic E-state index is 12.5. The first kappa shape index (κ1) is 16.3. The minimum Gasteiger partial charge on any atom is -0.351 e. The Balaban J connectivity index is 2.31. The van der Waals surface area contributed by atoms with Crippen molar-refractivity contribution in [2.75, 3.05) is 0 Å². The third kappa shape index (κ3) is 2.62. The van der Waals surface area contributed by atoms with Gasteiger partial charge in [-0.2, -0.15) is 21.6 Å². The van der Waals surface area contributed by atoms with Crippen LogP contribution in [-0.2, 0) is 10.1 Å². The molecule has 2 heterocycles. The molecule has 0 spiro atoms. The van der Waals surface area contributed by atoms with E-state index in [1.165, 1.54) is 28.9 Å². The molecule has 6 nitrogen and oxygen atoms in total. The molecule has 0 unspecified atom stereocenters. The van der Waals surface area contributed by atoms with Crippen molar-refractivity contribution in [1.29, 1.82) is 0 Å². The van der Waals surface area contributed by atoms with Gasteiger partial charge >= 0.3 is 15.6 Å². The number of alkyl halides is 3. The van der Waals surface area contributed by atoms with Gasteiger partial charge in [0.25, 0.3) is 5.88 Å². The molecule has 3 aromatic rings. The predicted octanol–water partition coefficient (Wildman–Crippen LogP) is 3.53. The van der Waals surface area contributed by atoms with Crippen molar-refractivity contribution < 1.29 is 25.8 Å². The van der Waals surface area contributed by atoms with E-state index < -0.39 is 21.5 Å². The third-order valence-electron chi connectivity index (χ3n) is 2.81. The molecule has 0 saturated carbocycles. The smallest absolute Gasteiger partial charge is 0.351 e. The zero-order chi connectivity index (χ0) is 17.0. The summed E-state index contributed by atoms with van der Waals surface area (Å²) in [7, 11) is -5.86. The van der Waals surface area contributed by atoms with Crippen LogP contribution in [0.1, 0.15) is 0 Å². The number of hydrogen-bond acceptors (Lipinski definition) is 5. The van der Waals surface area contributed by atoms with Crippen LogP contribution >= 0.6 is 27.5 Å². The second kappa shape index (κ2) is 5.21. The van der Waals surface area contributed by atoms with Crippen molar-refractivity contribution in [3.8, 4) is 5.88 Å². The molecule has 0 saturated heterocycles. The van der Waals surface area contributed by atoms with Gasteiger partial charge in [-0.25, -0.2) is 9.97 Å². The van der Waals surface area contributed by atoms with E-state index in [1.54, 1.807) is 0 Å². The van der Waals surface area contributed by atoms with Crippen LogP contribution in [0.2, 0.25) is 5.02 Å². The summed E-state index contributed by atoms with van der Waals surface area (Å²) in [5.41, 5.74) is -5.21. The van der Waals surface area contributed by atoms with Crippen LogP contribution in [-0.4, -0.2) is 28.3 Å². The molecular weight excluding hydrogens is 427 g/mol. The van der Waals surface area contributed by atoms with Crippen molar-refractivity contribution in [1.82, 2.24) is 14.4 Å². The SMILES string of the molecule is O=S(=O)(Oc1nc2ccc(Cl)c(Br)c2n2ccnc12)C(F)(F)F. The first-order valence-corrected chi connectivity index (χ1v) is 8.31. The lowest BCUT2D eigenvalue weighted by atomic mass is 10.3. The van der Waals surface area contributed by atoms with Gasteiger partial charge in [-0.3, -0.25) is 4.40 Å². The number of benzene rings is 1. The Morgan fingerprint density at radius 1 is 1.30 bits per heavy atom. The van der Waals surface area contributed by atoms with Crippen LogP contribution < -0.4 is 4.18 Å². The second-order valence-corrected chi connectivity index (χ2v) is 6.99. The molecule has 0 amide bonds. The van der Waals surface area contributed by atoms with Crippen molar-refractivity contribution in [2.45, 2.75) is 5.51 Å². The Kier molecular flexibility index (Phi) is 3.69. The van der Waals surface area contributed by atoms with Crippen LogP contribution in [0, 0.1) is 0 Å². The van der Waals surface area contributed by atoms with E-state index in [4.69, 9.17) is 11.6 Å². The number of halogens is 5. The lowest BCUT2D eigenvalue weighted by Crippen LogP contribution is -2.28. The fraction of sp³-hybridized carbons (Fsp3) is 0.0909. The Morgan fingerprint density at radius 3 is 2.65 bits per heavy atom. The summed E-state index contributed by atoms with van der Waals surface area (Å²) in [4.78, 5) is 7.59. The molecule has 0 radical (unpaired) electrons. The van der Waals surface area contributed by atoms with Crippen LogP contribution in [0.5, 0.6) is 5.88 Å². The molecule has 0 aliphatic rings. The van der Waals surface area contributed by atoms with Crippen molar-refractivity contribution in [2.24, 2.45) is 0 Å². The van der Waals surface area contributed by atoms with E-state index in [0.29, 0.717) is 15.0 Å². The van der Waals surface area contributed by atoms with E-state index in [2.05, 4.69) is 30.1 Å². The number of rotatable bonds is 2. The number of imidazole rings is 1. The molecule has 0 fully saturated rings. The van der Waals surface area contributed by atoms with E-state index in [0.717, 1.165) is 0 Å². The Bertz CT molecular complexity index is 1040. The maximum absolute atomic E-state index is 12.5. The topological polar surface area (TPSA) is 73.6 Å². The summed E-state index contributed by atoms with van der Waals surface area (Å²) in [6, 6.07) is 2.86. The van der Waals surface area contributed by atoms with Gasteiger partial charge in [0.1, 0.15) is 0 Å². The summed E-state index contributed by atoms with van der Waals surface area (Å²) in [6.07, 6.45) is 2.67. The van der Waals surface area contributed by atoms with Gasteiger partial charge in [-0.15, -0.1) is 0 Å². The van der Waals surface area contributed by atoms with Gasteiger partial charge in [0.05, 0.1) is 20.5 Å². The first-order valence-electron chi connectivity index (χ1n) is 5.73. The van der Waals surface area contributed by atoms with Crippen LogP contribution in [0.25, 0.3) is 16.7 Å². The monoisotopic (exact) mass is 429 g/mol. The fourth-order valence-electron chi connectivity index (χ4n) is 1.86. The molecule has 0 N–H and O–H groups in total. The van der Waals surface area contributed by atoms with Crippen molar-refractivity contribution >= 4 is 54.3 Å². The molecule has 0 aliphatic heterocycles. The summed E-state index contributed by atoms with van der Waals surface area (Å²) >= 11 is 9.22. The predicted molar refractivity (Wildman–Crippen MR) is 78.8 cm³/mol. The van der Waals surface area contributed by atoms with Gasteiger partial charge in [0.15, 0.2) is 0 Å². The minimum absolute atomic E-state index is 0.166. The van der Waals surface area contributed by atoms with E-state index in [-0.39, 0.29) is 11.2 Å². The lowest BCUT2D eigenvalue weighted by molar-refractivity contribution is -0.0500. The van der Waals surface area contributed by atoms with Gasteiger partial charge in [0, 0.05) is 12.4 Å². The normalized spacial score (nSPS) is 12.9. The summed E-state index contributed by atoms with van der Waals surface area (Å²) in [6.45, 7) is 0. The number of nitrogens with zero attached hydrogens (tertiary/aromatic N) is 3. The summed E-state index contributed by atoms with van der Waals surface area (Å²) in [5, 5.41) is 0.339. The quantitative estimate of drug-likeness (QED) is 0.459. The Hall–Kier alpha value is -1.59. The molecule has 3 rings (SSSR count). The molecule has 0 atom stereocenters. The van der Waals surface area contributed by atoms with E-state index in [9.17, 15) is 21.6 Å². The Labute approximate surface area is 140 Å². The highest BCUT2D eigenvalue weighted by Gasteiger charge is 2.49. The van der Waals surface area contributed by atoms with Crippen LogP contribution in [0.15, 0.2) is 29.0 Å². The van der Waals surface area contributed by atoms with Gasteiger partial charge in [-0.05, 0) is 28.1 Å². The Morgan fingerprint density at radius 2 is 2.00 bits per heavy atom. The van der Waals surface area contributed by atoms with E-state index in [1.807, 2.05) is 0 Å². The molecule has 12 heteroatoms. The second-order valence-electron chi connectivity index (χ2n) is 4.25. The molecule has 0 bridgehead atoms.